The Morgan fingerprint density at radius 1 is 1.17 bits per heavy atom. The van der Waals surface area contributed by atoms with E-state index >= 15 is 0 Å². The first kappa shape index (κ1) is 15.4. The first-order chi connectivity index (χ1) is 10.8. The minimum absolute atomic E-state index is 0.00914. The first-order valence-corrected chi connectivity index (χ1v) is 8.42. The monoisotopic (exact) mass is 333 g/mol. The van der Waals surface area contributed by atoms with Crippen LogP contribution in [0.5, 0.6) is 0 Å². The van der Waals surface area contributed by atoms with Crippen molar-refractivity contribution in [1.82, 2.24) is 0 Å². The number of halogens is 1. The molecule has 5 nitrogen and oxygen atoms in total. The summed E-state index contributed by atoms with van der Waals surface area (Å²) in [7, 11) is -3.92. The van der Waals surface area contributed by atoms with E-state index in [4.69, 9.17) is 0 Å². The van der Waals surface area contributed by atoms with Gasteiger partial charge in [0.1, 0.15) is 5.82 Å². The zero-order chi connectivity index (χ0) is 16.8. The number of ketones is 1. The molecule has 0 unspecified atom stereocenters. The predicted molar refractivity (Wildman–Crippen MR) is 81.5 cm³/mol. The Hall–Kier alpha value is -2.54. The van der Waals surface area contributed by atoms with E-state index in [0.717, 1.165) is 6.07 Å². The Balaban J connectivity index is 2.37. The largest absolute Gasteiger partial charge is 0.326 e. The van der Waals surface area contributed by atoms with E-state index in [1.807, 2.05) is 0 Å². The van der Waals surface area contributed by atoms with Crippen LogP contribution in [0.1, 0.15) is 28.4 Å². The first-order valence-electron chi connectivity index (χ1n) is 6.76. The standard InChI is InChI=1S/C16H12FNO4S/c1-9(19)18-13-6-3-7-14-15(13)16(20)10-4-2-5-12(17)11(10)8-23(14,21)22/h2-7H,8H2,1H3,(H,18,19). The number of hydrogen-bond acceptors (Lipinski definition) is 4. The zero-order valence-electron chi connectivity index (χ0n) is 12.1. The molecule has 118 valence electrons. The summed E-state index contributed by atoms with van der Waals surface area (Å²) in [6.45, 7) is 1.25. The van der Waals surface area contributed by atoms with Gasteiger partial charge in [-0.25, -0.2) is 12.8 Å². The van der Waals surface area contributed by atoms with Crippen molar-refractivity contribution in [2.24, 2.45) is 0 Å². The van der Waals surface area contributed by atoms with E-state index < -0.39 is 33.1 Å². The topological polar surface area (TPSA) is 80.3 Å². The van der Waals surface area contributed by atoms with Gasteiger partial charge in [0.05, 0.1) is 21.9 Å². The highest BCUT2D eigenvalue weighted by Crippen LogP contribution is 2.34. The molecule has 0 saturated carbocycles. The van der Waals surface area contributed by atoms with Crippen molar-refractivity contribution in [2.75, 3.05) is 5.32 Å². The fraction of sp³-hybridized carbons (Fsp3) is 0.125. The minimum atomic E-state index is -3.92. The van der Waals surface area contributed by atoms with E-state index in [2.05, 4.69) is 5.32 Å². The van der Waals surface area contributed by atoms with E-state index in [0.29, 0.717) is 0 Å². The number of carbonyl (C=O) groups excluding carboxylic acids is 2. The Morgan fingerprint density at radius 3 is 2.57 bits per heavy atom. The molecule has 0 atom stereocenters. The van der Waals surface area contributed by atoms with Gasteiger partial charge in [-0.3, -0.25) is 9.59 Å². The zero-order valence-corrected chi connectivity index (χ0v) is 12.9. The maximum Gasteiger partial charge on any atom is 0.221 e. The SMILES string of the molecule is CC(=O)Nc1cccc2c1C(=O)c1cccc(F)c1CS2(=O)=O. The molecule has 2 aromatic carbocycles. The highest BCUT2D eigenvalue weighted by Gasteiger charge is 2.33. The average molecular weight is 333 g/mol. The summed E-state index contributed by atoms with van der Waals surface area (Å²) < 4.78 is 39.1. The number of anilines is 1. The second-order valence-electron chi connectivity index (χ2n) is 5.21. The molecule has 7 heteroatoms. The van der Waals surface area contributed by atoms with Crippen LogP contribution in [-0.2, 0) is 20.4 Å². The molecule has 1 N–H and O–H groups in total. The number of hydrogen-bond donors (Lipinski definition) is 1. The predicted octanol–water partition coefficient (Wildman–Crippen LogP) is 2.30. The van der Waals surface area contributed by atoms with E-state index in [-0.39, 0.29) is 27.3 Å². The maximum atomic E-state index is 14.0. The molecule has 1 heterocycles. The molecule has 23 heavy (non-hydrogen) atoms. The van der Waals surface area contributed by atoms with E-state index in [1.165, 1.54) is 37.3 Å². The Morgan fingerprint density at radius 2 is 1.87 bits per heavy atom. The van der Waals surface area contributed by atoms with Crippen LogP contribution in [0.2, 0.25) is 0 Å². The van der Waals surface area contributed by atoms with E-state index in [9.17, 15) is 22.4 Å². The third-order valence-corrected chi connectivity index (χ3v) is 5.28. The molecule has 0 fully saturated rings. The molecule has 0 aliphatic carbocycles. The number of rotatable bonds is 1. The highest BCUT2D eigenvalue weighted by molar-refractivity contribution is 7.90. The molecule has 1 aliphatic heterocycles. The number of fused-ring (bicyclic) bond motifs is 2. The number of carbonyl (C=O) groups is 2. The molecule has 0 radical (unpaired) electrons. The molecule has 2 aromatic rings. The summed E-state index contributed by atoms with van der Waals surface area (Å²) in [5.41, 5.74) is -0.194. The summed E-state index contributed by atoms with van der Waals surface area (Å²) >= 11 is 0. The second-order valence-corrected chi connectivity index (χ2v) is 7.17. The smallest absolute Gasteiger partial charge is 0.221 e. The molecule has 0 bridgehead atoms. The van der Waals surface area contributed by atoms with Crippen molar-refractivity contribution in [3.8, 4) is 0 Å². The van der Waals surface area contributed by atoms with E-state index in [1.54, 1.807) is 0 Å². The van der Waals surface area contributed by atoms with Gasteiger partial charge in [0, 0.05) is 18.1 Å². The van der Waals surface area contributed by atoms with Gasteiger partial charge in [-0.1, -0.05) is 18.2 Å². The number of sulfone groups is 1. The summed E-state index contributed by atoms with van der Waals surface area (Å²) in [6.07, 6.45) is 0. The molecular formula is C16H12FNO4S. The van der Waals surface area contributed by atoms with Gasteiger partial charge in [0.25, 0.3) is 0 Å². The van der Waals surface area contributed by atoms with Gasteiger partial charge in [-0.15, -0.1) is 0 Å². The average Bonchev–Trinajstić information content (AvgIpc) is 2.55. The van der Waals surface area contributed by atoms with Gasteiger partial charge in [0.15, 0.2) is 15.6 Å². The van der Waals surface area contributed by atoms with Crippen LogP contribution in [0.4, 0.5) is 10.1 Å². The van der Waals surface area contributed by atoms with Crippen LogP contribution >= 0.6 is 0 Å². The molecule has 0 aromatic heterocycles. The quantitative estimate of drug-likeness (QED) is 0.868. The molecule has 3 rings (SSSR count). The van der Waals surface area contributed by atoms with Crippen molar-refractivity contribution >= 4 is 27.2 Å². The molecule has 0 saturated heterocycles. The highest BCUT2D eigenvalue weighted by atomic mass is 32.2. The van der Waals surface area contributed by atoms with Gasteiger partial charge in [-0.05, 0) is 18.2 Å². The van der Waals surface area contributed by atoms with Crippen LogP contribution in [0.3, 0.4) is 0 Å². The van der Waals surface area contributed by atoms with Crippen LogP contribution < -0.4 is 5.32 Å². The van der Waals surface area contributed by atoms with Crippen molar-refractivity contribution in [3.63, 3.8) is 0 Å². The molecule has 1 amide bonds. The second kappa shape index (κ2) is 5.27. The number of nitrogens with one attached hydrogen (secondary N) is 1. The summed E-state index contributed by atoms with van der Waals surface area (Å²) in [5, 5.41) is 2.46. The van der Waals surface area contributed by atoms with Crippen LogP contribution in [0.15, 0.2) is 41.3 Å². The van der Waals surface area contributed by atoms with Crippen LogP contribution in [0.25, 0.3) is 0 Å². The summed E-state index contributed by atoms with van der Waals surface area (Å²) in [5.74, 6) is -2.40. The van der Waals surface area contributed by atoms with Crippen LogP contribution in [0, 0.1) is 5.82 Å². The summed E-state index contributed by atoms with van der Waals surface area (Å²) in [6, 6.07) is 8.02. The van der Waals surface area contributed by atoms with Crippen molar-refractivity contribution in [2.45, 2.75) is 17.6 Å². The third-order valence-electron chi connectivity index (χ3n) is 3.60. The minimum Gasteiger partial charge on any atom is -0.326 e. The van der Waals surface area contributed by atoms with Crippen molar-refractivity contribution < 1.29 is 22.4 Å². The fourth-order valence-corrected chi connectivity index (χ4v) is 4.27. The fourth-order valence-electron chi connectivity index (χ4n) is 2.64. The molecular weight excluding hydrogens is 321 g/mol. The lowest BCUT2D eigenvalue weighted by Crippen LogP contribution is -2.14. The molecule has 0 spiro atoms. The van der Waals surface area contributed by atoms with Gasteiger partial charge >= 0.3 is 0 Å². The Labute approximate surface area is 132 Å². The molecule has 1 aliphatic rings. The lowest BCUT2D eigenvalue weighted by Gasteiger charge is -2.11. The van der Waals surface area contributed by atoms with Crippen molar-refractivity contribution in [3.05, 3.63) is 58.9 Å². The Kier molecular flexibility index (Phi) is 3.52. The maximum absolute atomic E-state index is 14.0. The van der Waals surface area contributed by atoms with Crippen LogP contribution in [-0.4, -0.2) is 20.1 Å². The summed E-state index contributed by atoms with van der Waals surface area (Å²) in [4.78, 5) is 23.9. The number of benzene rings is 2. The number of amides is 1. The third kappa shape index (κ3) is 2.53. The lowest BCUT2D eigenvalue weighted by atomic mass is 9.97. The van der Waals surface area contributed by atoms with Gasteiger partial charge in [-0.2, -0.15) is 0 Å². The Bertz CT molecular complexity index is 951. The van der Waals surface area contributed by atoms with Crippen molar-refractivity contribution in [1.29, 1.82) is 0 Å². The normalized spacial score (nSPS) is 15.3. The lowest BCUT2D eigenvalue weighted by molar-refractivity contribution is -0.114. The van der Waals surface area contributed by atoms with Gasteiger partial charge < -0.3 is 5.32 Å². The van der Waals surface area contributed by atoms with Gasteiger partial charge in [0.2, 0.25) is 5.91 Å².